The SMILES string of the molecule is Cc1cc2nc(N3CC[C@H]4CCCC[C@@H]4C3)sc2c(-c2ccc(Cl)cc2OC(C)(C)C)c1CC(=O)O. The van der Waals surface area contributed by atoms with Crippen molar-refractivity contribution in [3.8, 4) is 16.9 Å². The van der Waals surface area contributed by atoms with Crippen molar-refractivity contribution in [1.29, 1.82) is 0 Å². The largest absolute Gasteiger partial charge is 0.487 e. The molecule has 1 saturated carbocycles. The van der Waals surface area contributed by atoms with E-state index in [-0.39, 0.29) is 6.42 Å². The van der Waals surface area contributed by atoms with Gasteiger partial charge < -0.3 is 14.7 Å². The lowest BCUT2D eigenvalue weighted by molar-refractivity contribution is -0.136. The van der Waals surface area contributed by atoms with Crippen molar-refractivity contribution in [2.45, 2.75) is 71.8 Å². The third-order valence-corrected chi connectivity index (χ3v) is 8.90. The number of thiazole rings is 1. The molecule has 1 aliphatic carbocycles. The van der Waals surface area contributed by atoms with Gasteiger partial charge in [-0.1, -0.05) is 42.2 Å². The van der Waals surface area contributed by atoms with Gasteiger partial charge in [-0.2, -0.15) is 0 Å². The second-order valence-corrected chi connectivity index (χ2v) is 12.8. The highest BCUT2D eigenvalue weighted by Gasteiger charge is 2.33. The Hall–Kier alpha value is -2.31. The van der Waals surface area contributed by atoms with Crippen molar-refractivity contribution in [2.75, 3.05) is 18.0 Å². The van der Waals surface area contributed by atoms with Crippen LogP contribution in [0, 0.1) is 18.8 Å². The minimum atomic E-state index is -0.852. The van der Waals surface area contributed by atoms with Crippen molar-refractivity contribution in [2.24, 2.45) is 11.8 Å². The molecule has 1 aliphatic heterocycles. The van der Waals surface area contributed by atoms with E-state index < -0.39 is 11.6 Å². The van der Waals surface area contributed by atoms with Gasteiger partial charge in [0.2, 0.25) is 0 Å². The van der Waals surface area contributed by atoms with Crippen molar-refractivity contribution in [3.05, 3.63) is 40.4 Å². The van der Waals surface area contributed by atoms with Gasteiger partial charge in [0.15, 0.2) is 5.13 Å². The van der Waals surface area contributed by atoms with E-state index in [1.54, 1.807) is 11.3 Å². The zero-order valence-corrected chi connectivity index (χ0v) is 23.1. The van der Waals surface area contributed by atoms with Crippen molar-refractivity contribution >= 4 is 44.3 Å². The fraction of sp³-hybridized carbons (Fsp3) is 0.517. The highest BCUT2D eigenvalue weighted by molar-refractivity contribution is 7.22. The molecule has 2 fully saturated rings. The first-order chi connectivity index (χ1) is 17.1. The maximum absolute atomic E-state index is 11.9. The molecule has 3 aromatic rings. The Morgan fingerprint density at radius 3 is 2.67 bits per heavy atom. The summed E-state index contributed by atoms with van der Waals surface area (Å²) in [5.41, 5.74) is 3.98. The van der Waals surface area contributed by atoms with Gasteiger partial charge in [0.25, 0.3) is 0 Å². The normalized spacial score (nSPS) is 20.4. The van der Waals surface area contributed by atoms with E-state index in [9.17, 15) is 9.90 Å². The average Bonchev–Trinajstić information content (AvgIpc) is 3.22. The van der Waals surface area contributed by atoms with Crippen molar-refractivity contribution in [3.63, 3.8) is 0 Å². The molecule has 2 heterocycles. The van der Waals surface area contributed by atoms with Gasteiger partial charge >= 0.3 is 5.97 Å². The number of hydrogen-bond donors (Lipinski definition) is 1. The van der Waals surface area contributed by atoms with Gasteiger partial charge in [-0.05, 0) is 87.8 Å². The van der Waals surface area contributed by atoms with Gasteiger partial charge in [-0.25, -0.2) is 4.98 Å². The van der Waals surface area contributed by atoms with Crippen LogP contribution in [0.15, 0.2) is 24.3 Å². The molecule has 1 saturated heterocycles. The van der Waals surface area contributed by atoms with Crippen LogP contribution in [0.5, 0.6) is 5.75 Å². The molecule has 1 N–H and O–H groups in total. The molecule has 0 amide bonds. The monoisotopic (exact) mass is 526 g/mol. The van der Waals surface area contributed by atoms with E-state index in [1.807, 2.05) is 52.0 Å². The minimum Gasteiger partial charge on any atom is -0.487 e. The zero-order valence-electron chi connectivity index (χ0n) is 21.6. The number of rotatable bonds is 5. The molecule has 2 aliphatic rings. The van der Waals surface area contributed by atoms with Crippen LogP contribution in [0.3, 0.4) is 0 Å². The summed E-state index contributed by atoms with van der Waals surface area (Å²) in [6.07, 6.45) is 6.57. The van der Waals surface area contributed by atoms with E-state index in [4.69, 9.17) is 21.3 Å². The fourth-order valence-electron chi connectivity index (χ4n) is 5.91. The second kappa shape index (κ2) is 9.86. The summed E-state index contributed by atoms with van der Waals surface area (Å²) in [5.74, 6) is 1.42. The van der Waals surface area contributed by atoms with Gasteiger partial charge in [-0.3, -0.25) is 4.79 Å². The van der Waals surface area contributed by atoms with Crippen LogP contribution in [0.2, 0.25) is 5.02 Å². The molecule has 2 atom stereocenters. The van der Waals surface area contributed by atoms with E-state index >= 15 is 0 Å². The van der Waals surface area contributed by atoms with Gasteiger partial charge in [0.1, 0.15) is 11.4 Å². The van der Waals surface area contributed by atoms with Gasteiger partial charge in [-0.15, -0.1) is 0 Å². The molecule has 0 unspecified atom stereocenters. The number of hydrogen-bond acceptors (Lipinski definition) is 5. The Morgan fingerprint density at radius 2 is 1.94 bits per heavy atom. The lowest BCUT2D eigenvalue weighted by atomic mass is 9.75. The zero-order chi connectivity index (χ0) is 25.6. The van der Waals surface area contributed by atoms with Crippen LogP contribution in [0.4, 0.5) is 5.13 Å². The van der Waals surface area contributed by atoms with E-state index in [1.165, 1.54) is 32.1 Å². The van der Waals surface area contributed by atoms with Crippen LogP contribution in [-0.2, 0) is 11.2 Å². The minimum absolute atomic E-state index is 0.0601. The number of piperidine rings is 1. The third kappa shape index (κ3) is 5.21. The quantitative estimate of drug-likeness (QED) is 0.368. The summed E-state index contributed by atoms with van der Waals surface area (Å²) in [7, 11) is 0. The Bertz CT molecular complexity index is 1300. The fourth-order valence-corrected chi connectivity index (χ4v) is 7.24. The van der Waals surface area contributed by atoms with E-state index in [0.717, 1.165) is 62.5 Å². The maximum atomic E-state index is 11.9. The Morgan fingerprint density at radius 1 is 1.19 bits per heavy atom. The molecule has 0 bridgehead atoms. The summed E-state index contributed by atoms with van der Waals surface area (Å²) >= 11 is 8.06. The molecule has 192 valence electrons. The van der Waals surface area contributed by atoms with Crippen LogP contribution in [-0.4, -0.2) is 34.8 Å². The molecular weight excluding hydrogens is 492 g/mol. The van der Waals surface area contributed by atoms with Crippen LogP contribution >= 0.6 is 22.9 Å². The molecule has 5 nitrogen and oxygen atoms in total. The number of carboxylic acids is 1. The number of ether oxygens (including phenoxy) is 1. The summed E-state index contributed by atoms with van der Waals surface area (Å²) in [5, 5.41) is 11.4. The van der Waals surface area contributed by atoms with Crippen LogP contribution in [0.25, 0.3) is 21.3 Å². The predicted molar refractivity (Wildman–Crippen MR) is 149 cm³/mol. The number of carbonyl (C=O) groups is 1. The lowest BCUT2D eigenvalue weighted by Crippen LogP contribution is -2.41. The van der Waals surface area contributed by atoms with E-state index in [0.29, 0.717) is 10.8 Å². The standard InChI is InChI=1S/C29H35ClN2O3S/c1-17-13-23-27(36-28(31-23)32-12-11-18-7-5-6-8-19(18)16-32)26(22(17)15-25(33)34)21-10-9-20(30)14-24(21)35-29(2,3)4/h9-10,13-14,18-19H,5-8,11-12,15-16H2,1-4H3,(H,33,34)/t18-,19-/m1/s1. The van der Waals surface area contributed by atoms with Crippen molar-refractivity contribution in [1.82, 2.24) is 4.98 Å². The molecular formula is C29H35ClN2O3S. The Kier molecular flexibility index (Phi) is 6.94. The molecule has 7 heteroatoms. The first-order valence-electron chi connectivity index (χ1n) is 13.0. The molecule has 1 aromatic heterocycles. The number of benzene rings is 2. The third-order valence-electron chi connectivity index (χ3n) is 7.52. The topological polar surface area (TPSA) is 62.7 Å². The number of halogens is 1. The maximum Gasteiger partial charge on any atom is 0.307 e. The van der Waals surface area contributed by atoms with Gasteiger partial charge in [0.05, 0.1) is 16.6 Å². The highest BCUT2D eigenvalue weighted by Crippen LogP contribution is 2.46. The molecule has 5 rings (SSSR count). The number of nitrogens with zero attached hydrogens (tertiary/aromatic N) is 2. The summed E-state index contributed by atoms with van der Waals surface area (Å²) in [4.78, 5) is 19.5. The van der Waals surface area contributed by atoms with Crippen LogP contribution in [0.1, 0.15) is 64.0 Å². The summed E-state index contributed by atoms with van der Waals surface area (Å²) in [6, 6.07) is 7.68. The Balaban J connectivity index is 1.65. The number of fused-ring (bicyclic) bond motifs is 2. The summed E-state index contributed by atoms with van der Waals surface area (Å²) in [6.45, 7) is 10.1. The predicted octanol–water partition coefficient (Wildman–Crippen LogP) is 7.75. The number of carboxylic acid groups (broad SMARTS) is 1. The number of aromatic nitrogens is 1. The number of aliphatic carboxylic acids is 1. The van der Waals surface area contributed by atoms with Crippen molar-refractivity contribution < 1.29 is 14.6 Å². The highest BCUT2D eigenvalue weighted by atomic mass is 35.5. The first-order valence-corrected chi connectivity index (χ1v) is 14.2. The molecule has 36 heavy (non-hydrogen) atoms. The van der Waals surface area contributed by atoms with Gasteiger partial charge in [0, 0.05) is 29.2 Å². The first kappa shape index (κ1) is 25.3. The lowest BCUT2D eigenvalue weighted by Gasteiger charge is -2.41. The second-order valence-electron chi connectivity index (χ2n) is 11.4. The Labute approximate surface area is 222 Å². The summed E-state index contributed by atoms with van der Waals surface area (Å²) < 4.78 is 7.35. The number of anilines is 1. The number of aryl methyl sites for hydroxylation is 1. The molecule has 0 radical (unpaired) electrons. The van der Waals surface area contributed by atoms with E-state index in [2.05, 4.69) is 4.90 Å². The molecule has 0 spiro atoms. The van der Waals surface area contributed by atoms with Crippen LogP contribution < -0.4 is 9.64 Å². The smallest absolute Gasteiger partial charge is 0.307 e. The molecule has 2 aromatic carbocycles. The average molecular weight is 527 g/mol.